The van der Waals surface area contributed by atoms with Gasteiger partial charge in [-0.2, -0.15) is 0 Å². The summed E-state index contributed by atoms with van der Waals surface area (Å²) < 4.78 is 1.05. The van der Waals surface area contributed by atoms with Crippen molar-refractivity contribution in [2.75, 3.05) is 19.6 Å². The summed E-state index contributed by atoms with van der Waals surface area (Å²) in [5.74, 6) is 0.160. The van der Waals surface area contributed by atoms with Gasteiger partial charge in [0.2, 0.25) is 0 Å². The van der Waals surface area contributed by atoms with Crippen molar-refractivity contribution < 1.29 is 4.79 Å². The average Bonchev–Trinajstić information content (AvgIpc) is 2.52. The predicted octanol–water partition coefficient (Wildman–Crippen LogP) is 2.25. The van der Waals surface area contributed by atoms with Crippen molar-refractivity contribution >= 4 is 33.2 Å². The molecule has 1 aromatic rings. The van der Waals surface area contributed by atoms with Crippen molar-refractivity contribution in [3.05, 3.63) is 20.3 Å². The second-order valence-corrected chi connectivity index (χ2v) is 6.34. The van der Waals surface area contributed by atoms with Crippen LogP contribution in [0, 0.1) is 6.92 Å². The van der Waals surface area contributed by atoms with Gasteiger partial charge in [-0.15, -0.1) is 11.3 Å². The fourth-order valence-electron chi connectivity index (χ4n) is 1.77. The van der Waals surface area contributed by atoms with E-state index in [2.05, 4.69) is 21.2 Å². The zero-order chi connectivity index (χ0) is 11.7. The zero-order valence-corrected chi connectivity index (χ0v) is 11.8. The second-order valence-electron chi connectivity index (χ2n) is 3.97. The largest absolute Gasteiger partial charge is 0.333 e. The molecule has 0 spiro atoms. The molecule has 0 aromatic carbocycles. The fourth-order valence-corrected chi connectivity index (χ4v) is 3.26. The zero-order valence-electron chi connectivity index (χ0n) is 9.42. The van der Waals surface area contributed by atoms with Gasteiger partial charge in [0.05, 0.1) is 14.7 Å². The molecule has 2 rings (SSSR count). The highest BCUT2D eigenvalue weighted by Crippen LogP contribution is 2.28. The number of hydrogen-bond donors (Lipinski definition) is 1. The van der Waals surface area contributed by atoms with Gasteiger partial charge in [0.25, 0.3) is 5.91 Å². The maximum absolute atomic E-state index is 12.3. The van der Waals surface area contributed by atoms with Crippen LogP contribution in [0.3, 0.4) is 0 Å². The third-order valence-electron chi connectivity index (χ3n) is 2.87. The van der Waals surface area contributed by atoms with E-state index in [0.29, 0.717) is 6.04 Å². The Hall–Kier alpha value is -0.390. The van der Waals surface area contributed by atoms with Gasteiger partial charge in [0.15, 0.2) is 0 Å². The summed E-state index contributed by atoms with van der Waals surface area (Å²) in [6.45, 7) is 6.67. The summed E-state index contributed by atoms with van der Waals surface area (Å²) >= 11 is 4.98. The molecular formula is C11H15BrN2OS. The minimum Gasteiger partial charge on any atom is -0.333 e. The first-order chi connectivity index (χ1) is 7.63. The van der Waals surface area contributed by atoms with Gasteiger partial charge in [-0.05, 0) is 41.4 Å². The van der Waals surface area contributed by atoms with Crippen LogP contribution in [0.2, 0.25) is 0 Å². The Labute approximate surface area is 108 Å². The van der Waals surface area contributed by atoms with E-state index in [4.69, 9.17) is 0 Å². The summed E-state index contributed by atoms with van der Waals surface area (Å²) in [5.41, 5.74) is 1.14. The molecule has 16 heavy (non-hydrogen) atoms. The van der Waals surface area contributed by atoms with Gasteiger partial charge in [-0.1, -0.05) is 0 Å². The Morgan fingerprint density at radius 3 is 2.75 bits per heavy atom. The van der Waals surface area contributed by atoms with E-state index in [9.17, 15) is 4.79 Å². The summed E-state index contributed by atoms with van der Waals surface area (Å²) in [4.78, 5) is 15.0. The molecule has 0 saturated carbocycles. The Bertz CT molecular complexity index is 381. The number of amides is 1. The lowest BCUT2D eigenvalue weighted by Crippen LogP contribution is -2.58. The third-order valence-corrected chi connectivity index (χ3v) is 4.99. The molecule has 1 N–H and O–H groups in total. The van der Waals surface area contributed by atoms with Gasteiger partial charge in [0, 0.05) is 19.6 Å². The lowest BCUT2D eigenvalue weighted by molar-refractivity contribution is 0.0635. The number of carbonyl (C=O) groups is 1. The topological polar surface area (TPSA) is 32.3 Å². The Balaban J connectivity index is 2.15. The van der Waals surface area contributed by atoms with Crippen LogP contribution in [0.1, 0.15) is 22.2 Å². The lowest BCUT2D eigenvalue weighted by Gasteiger charge is -2.37. The number of likely N-dealkylation sites (N-methyl/N-ethyl adjacent to an activating group) is 1. The summed E-state index contributed by atoms with van der Waals surface area (Å²) in [6, 6.07) is 2.34. The molecule has 0 radical (unpaired) electrons. The van der Waals surface area contributed by atoms with E-state index >= 15 is 0 Å². The standard InChI is InChI=1S/C11H15BrN2OS/c1-3-14(8-5-13-6-8)11(15)9-4-7(2)10(12)16-9/h4,8,13H,3,5-6H2,1-2H3. The molecule has 0 atom stereocenters. The summed E-state index contributed by atoms with van der Waals surface area (Å²) in [5, 5.41) is 3.20. The van der Waals surface area contributed by atoms with E-state index < -0.39 is 0 Å². The first-order valence-electron chi connectivity index (χ1n) is 5.41. The lowest BCUT2D eigenvalue weighted by atomic mass is 10.1. The smallest absolute Gasteiger partial charge is 0.264 e. The maximum Gasteiger partial charge on any atom is 0.264 e. The second kappa shape index (κ2) is 4.85. The first-order valence-corrected chi connectivity index (χ1v) is 7.02. The molecule has 1 aliphatic rings. The van der Waals surface area contributed by atoms with Crippen molar-refractivity contribution in [3.63, 3.8) is 0 Å². The van der Waals surface area contributed by atoms with Gasteiger partial charge >= 0.3 is 0 Å². The van der Waals surface area contributed by atoms with Crippen LogP contribution in [0.25, 0.3) is 0 Å². The number of rotatable bonds is 3. The van der Waals surface area contributed by atoms with Crippen LogP contribution in [0.15, 0.2) is 9.85 Å². The van der Waals surface area contributed by atoms with Crippen LogP contribution in [-0.2, 0) is 0 Å². The van der Waals surface area contributed by atoms with Crippen LogP contribution in [-0.4, -0.2) is 36.5 Å². The van der Waals surface area contributed by atoms with Crippen LogP contribution < -0.4 is 5.32 Å². The van der Waals surface area contributed by atoms with Crippen LogP contribution in [0.5, 0.6) is 0 Å². The molecule has 2 heterocycles. The van der Waals surface area contributed by atoms with Crippen LogP contribution >= 0.6 is 27.3 Å². The molecule has 0 aliphatic carbocycles. The molecule has 0 bridgehead atoms. The molecular weight excluding hydrogens is 288 g/mol. The molecule has 5 heteroatoms. The van der Waals surface area contributed by atoms with E-state index in [1.165, 1.54) is 11.3 Å². The molecule has 0 unspecified atom stereocenters. The van der Waals surface area contributed by atoms with Crippen molar-refractivity contribution in [2.45, 2.75) is 19.9 Å². The minimum atomic E-state index is 0.160. The van der Waals surface area contributed by atoms with Gasteiger partial charge in [0.1, 0.15) is 0 Å². The maximum atomic E-state index is 12.3. The van der Waals surface area contributed by atoms with Gasteiger partial charge in [-0.3, -0.25) is 4.79 Å². The van der Waals surface area contributed by atoms with Gasteiger partial charge < -0.3 is 10.2 Å². The number of nitrogens with zero attached hydrogens (tertiary/aromatic N) is 1. The van der Waals surface area contributed by atoms with E-state index in [-0.39, 0.29) is 5.91 Å². The number of nitrogens with one attached hydrogen (secondary N) is 1. The van der Waals surface area contributed by atoms with Crippen molar-refractivity contribution in [3.8, 4) is 0 Å². The molecule has 1 fully saturated rings. The van der Waals surface area contributed by atoms with Crippen LogP contribution in [0.4, 0.5) is 0 Å². The van der Waals surface area contributed by atoms with Gasteiger partial charge in [-0.25, -0.2) is 0 Å². The summed E-state index contributed by atoms with van der Waals surface area (Å²) in [6.07, 6.45) is 0. The van der Waals surface area contributed by atoms with Crippen molar-refractivity contribution in [1.82, 2.24) is 10.2 Å². The third kappa shape index (κ3) is 2.17. The average molecular weight is 303 g/mol. The minimum absolute atomic E-state index is 0.160. The molecule has 3 nitrogen and oxygen atoms in total. The molecule has 1 saturated heterocycles. The number of aryl methyl sites for hydroxylation is 1. The van der Waals surface area contributed by atoms with Crippen molar-refractivity contribution in [1.29, 1.82) is 0 Å². The molecule has 88 valence electrons. The number of hydrogen-bond acceptors (Lipinski definition) is 3. The van der Waals surface area contributed by atoms with E-state index in [0.717, 1.165) is 33.9 Å². The highest BCUT2D eigenvalue weighted by Gasteiger charge is 2.28. The summed E-state index contributed by atoms with van der Waals surface area (Å²) in [7, 11) is 0. The quantitative estimate of drug-likeness (QED) is 0.929. The molecule has 1 amide bonds. The SMILES string of the molecule is CCN(C(=O)c1cc(C)c(Br)s1)C1CNC1. The van der Waals surface area contributed by atoms with Crippen molar-refractivity contribution in [2.24, 2.45) is 0 Å². The van der Waals surface area contributed by atoms with E-state index in [1.54, 1.807) is 0 Å². The highest BCUT2D eigenvalue weighted by atomic mass is 79.9. The Morgan fingerprint density at radius 2 is 2.38 bits per heavy atom. The number of carbonyl (C=O) groups excluding carboxylic acids is 1. The highest BCUT2D eigenvalue weighted by molar-refractivity contribution is 9.11. The molecule has 1 aromatic heterocycles. The number of halogens is 1. The Morgan fingerprint density at radius 1 is 1.69 bits per heavy atom. The number of thiophene rings is 1. The Kier molecular flexibility index (Phi) is 3.66. The predicted molar refractivity (Wildman–Crippen MR) is 70.1 cm³/mol. The fraction of sp³-hybridized carbons (Fsp3) is 0.545. The first kappa shape index (κ1) is 12.1. The normalized spacial score (nSPS) is 15.9. The van der Waals surface area contributed by atoms with E-state index in [1.807, 2.05) is 24.8 Å². The molecule has 1 aliphatic heterocycles. The monoisotopic (exact) mass is 302 g/mol.